The van der Waals surface area contributed by atoms with Gasteiger partial charge in [0.15, 0.2) is 0 Å². The Hall–Kier alpha value is -1.90. The van der Waals surface area contributed by atoms with Crippen LogP contribution in [0.5, 0.6) is 5.75 Å². The molecule has 2 aromatic rings. The maximum atomic E-state index is 12.1. The Bertz CT molecular complexity index is 783. The Kier molecular flexibility index (Phi) is 6.36. The van der Waals surface area contributed by atoms with Crippen LogP contribution in [0.1, 0.15) is 18.7 Å². The average Bonchev–Trinajstić information content (AvgIpc) is 3.05. The molecule has 8 heteroatoms. The van der Waals surface area contributed by atoms with Crippen molar-refractivity contribution in [3.8, 4) is 5.75 Å². The first-order valence-corrected chi connectivity index (χ1v) is 9.85. The van der Waals surface area contributed by atoms with Crippen LogP contribution in [-0.2, 0) is 21.2 Å². The van der Waals surface area contributed by atoms with Crippen molar-refractivity contribution >= 4 is 33.0 Å². The highest BCUT2D eigenvalue weighted by Crippen LogP contribution is 2.21. The van der Waals surface area contributed by atoms with Crippen molar-refractivity contribution in [1.29, 1.82) is 0 Å². The minimum Gasteiger partial charge on any atom is -0.494 e. The third kappa shape index (κ3) is 5.05. The van der Waals surface area contributed by atoms with E-state index in [2.05, 4.69) is 10.0 Å². The molecule has 0 spiro atoms. The molecule has 1 aromatic carbocycles. The highest BCUT2D eigenvalue weighted by molar-refractivity contribution is 7.91. The lowest BCUT2D eigenvalue weighted by Crippen LogP contribution is -2.32. The number of nitrogens with one attached hydrogen (secondary N) is 2. The van der Waals surface area contributed by atoms with Crippen LogP contribution in [0.15, 0.2) is 40.6 Å². The molecule has 1 aromatic heterocycles. The number of anilines is 1. The van der Waals surface area contributed by atoms with E-state index >= 15 is 0 Å². The average molecular weight is 368 g/mol. The van der Waals surface area contributed by atoms with Crippen LogP contribution in [0.3, 0.4) is 0 Å². The molecule has 0 aliphatic heterocycles. The van der Waals surface area contributed by atoms with E-state index in [1.54, 1.807) is 36.4 Å². The Morgan fingerprint density at radius 2 is 1.83 bits per heavy atom. The van der Waals surface area contributed by atoms with Gasteiger partial charge in [-0.1, -0.05) is 6.92 Å². The number of aryl methyl sites for hydroxylation is 1. The molecule has 0 bridgehead atoms. The van der Waals surface area contributed by atoms with Gasteiger partial charge in [-0.05, 0) is 49.7 Å². The lowest BCUT2D eigenvalue weighted by atomic mass is 10.3. The number of benzene rings is 1. The zero-order chi connectivity index (χ0) is 17.6. The van der Waals surface area contributed by atoms with E-state index in [1.165, 1.54) is 11.3 Å². The van der Waals surface area contributed by atoms with Crippen molar-refractivity contribution in [1.82, 2.24) is 4.72 Å². The number of amides is 1. The van der Waals surface area contributed by atoms with Crippen molar-refractivity contribution in [3.63, 3.8) is 0 Å². The summed E-state index contributed by atoms with van der Waals surface area (Å²) < 4.78 is 32.1. The molecule has 1 amide bonds. The molecule has 2 rings (SSSR count). The third-order valence-electron chi connectivity index (χ3n) is 3.12. The molecule has 0 saturated carbocycles. The fourth-order valence-corrected chi connectivity index (χ4v) is 4.25. The Labute approximate surface area is 145 Å². The van der Waals surface area contributed by atoms with E-state index in [0.29, 0.717) is 18.0 Å². The second-order valence-corrected chi connectivity index (χ2v) is 8.07. The minimum atomic E-state index is -3.66. The monoisotopic (exact) mass is 368 g/mol. The molecule has 1 heterocycles. The molecule has 0 aliphatic carbocycles. The Balaban J connectivity index is 1.90. The maximum absolute atomic E-state index is 12.1. The van der Waals surface area contributed by atoms with Gasteiger partial charge in [-0.15, -0.1) is 11.3 Å². The second-order valence-electron chi connectivity index (χ2n) is 4.90. The van der Waals surface area contributed by atoms with Crippen molar-refractivity contribution in [3.05, 3.63) is 41.3 Å². The number of thiophene rings is 1. The molecule has 6 nitrogen and oxygen atoms in total. The van der Waals surface area contributed by atoms with Crippen LogP contribution in [0.2, 0.25) is 0 Å². The van der Waals surface area contributed by atoms with Crippen LogP contribution in [0.25, 0.3) is 0 Å². The van der Waals surface area contributed by atoms with Gasteiger partial charge >= 0.3 is 0 Å². The van der Waals surface area contributed by atoms with Gasteiger partial charge in [0.1, 0.15) is 9.96 Å². The Morgan fingerprint density at radius 3 is 2.42 bits per heavy atom. The predicted octanol–water partition coefficient (Wildman–Crippen LogP) is 2.63. The molecule has 0 aliphatic rings. The van der Waals surface area contributed by atoms with Crippen molar-refractivity contribution in [2.75, 3.05) is 18.5 Å². The summed E-state index contributed by atoms with van der Waals surface area (Å²) in [5.41, 5.74) is 0.576. The third-order valence-corrected chi connectivity index (χ3v) is 6.24. The van der Waals surface area contributed by atoms with Gasteiger partial charge in [-0.3, -0.25) is 4.79 Å². The summed E-state index contributed by atoms with van der Waals surface area (Å²) in [5.74, 6) is 0.274. The van der Waals surface area contributed by atoms with Gasteiger partial charge in [0.05, 0.1) is 13.2 Å². The van der Waals surface area contributed by atoms with Gasteiger partial charge in [0.25, 0.3) is 10.0 Å². The molecular weight excluding hydrogens is 348 g/mol. The summed E-state index contributed by atoms with van der Waals surface area (Å²) in [6, 6.07) is 10.2. The molecule has 0 unspecified atom stereocenters. The minimum absolute atomic E-state index is 0.216. The smallest absolute Gasteiger partial charge is 0.250 e. The van der Waals surface area contributed by atoms with Gasteiger partial charge in [0.2, 0.25) is 5.91 Å². The number of sulfonamides is 1. The summed E-state index contributed by atoms with van der Waals surface area (Å²) in [6.45, 7) is 4.09. The molecule has 0 saturated heterocycles. The van der Waals surface area contributed by atoms with E-state index < -0.39 is 15.9 Å². The van der Waals surface area contributed by atoms with E-state index in [0.717, 1.165) is 11.3 Å². The molecule has 0 radical (unpaired) electrons. The van der Waals surface area contributed by atoms with Gasteiger partial charge < -0.3 is 10.1 Å². The van der Waals surface area contributed by atoms with Crippen molar-refractivity contribution < 1.29 is 17.9 Å². The SMILES string of the molecule is CCOc1ccc(NC(=O)CNS(=O)(=O)c2ccc(CC)s2)cc1. The quantitative estimate of drug-likeness (QED) is 0.750. The van der Waals surface area contributed by atoms with Gasteiger partial charge in [-0.2, -0.15) is 0 Å². The first-order valence-electron chi connectivity index (χ1n) is 7.55. The van der Waals surface area contributed by atoms with E-state index in [1.807, 2.05) is 13.8 Å². The van der Waals surface area contributed by atoms with Crippen LogP contribution < -0.4 is 14.8 Å². The summed E-state index contributed by atoms with van der Waals surface area (Å²) in [5, 5.41) is 2.63. The van der Waals surface area contributed by atoms with Crippen molar-refractivity contribution in [2.45, 2.75) is 24.5 Å². The zero-order valence-corrected chi connectivity index (χ0v) is 15.2. The standard InChI is InChI=1S/C16H20N2O4S2/c1-3-14-9-10-16(23-14)24(20,21)17-11-15(19)18-12-5-7-13(8-6-12)22-4-2/h5-10,17H,3-4,11H2,1-2H3,(H,18,19). The lowest BCUT2D eigenvalue weighted by molar-refractivity contribution is -0.115. The zero-order valence-electron chi connectivity index (χ0n) is 13.5. The normalized spacial score (nSPS) is 11.2. The van der Waals surface area contributed by atoms with Gasteiger partial charge in [-0.25, -0.2) is 13.1 Å². The molecule has 130 valence electrons. The molecule has 24 heavy (non-hydrogen) atoms. The lowest BCUT2D eigenvalue weighted by Gasteiger charge is -2.08. The van der Waals surface area contributed by atoms with E-state index in [9.17, 15) is 13.2 Å². The number of hydrogen-bond donors (Lipinski definition) is 2. The fourth-order valence-electron chi connectivity index (χ4n) is 1.93. The number of carbonyl (C=O) groups is 1. The molecule has 0 fully saturated rings. The van der Waals surface area contributed by atoms with E-state index in [-0.39, 0.29) is 10.8 Å². The number of rotatable bonds is 8. The molecule has 2 N–H and O–H groups in total. The topological polar surface area (TPSA) is 84.5 Å². The number of hydrogen-bond acceptors (Lipinski definition) is 5. The second kappa shape index (κ2) is 8.27. The Morgan fingerprint density at radius 1 is 1.12 bits per heavy atom. The van der Waals surface area contributed by atoms with Gasteiger partial charge in [0, 0.05) is 10.6 Å². The first kappa shape index (κ1) is 18.4. The fraction of sp³-hybridized carbons (Fsp3) is 0.312. The summed E-state index contributed by atoms with van der Waals surface area (Å²) in [7, 11) is -3.66. The highest BCUT2D eigenvalue weighted by Gasteiger charge is 2.17. The number of carbonyl (C=O) groups excluding carboxylic acids is 1. The summed E-state index contributed by atoms with van der Waals surface area (Å²) >= 11 is 1.21. The van der Waals surface area contributed by atoms with E-state index in [4.69, 9.17) is 4.74 Å². The first-order chi connectivity index (χ1) is 11.4. The largest absolute Gasteiger partial charge is 0.494 e. The highest BCUT2D eigenvalue weighted by atomic mass is 32.2. The van der Waals surface area contributed by atoms with Crippen LogP contribution in [0.4, 0.5) is 5.69 Å². The van der Waals surface area contributed by atoms with Crippen LogP contribution in [-0.4, -0.2) is 27.5 Å². The molecule has 0 atom stereocenters. The summed E-state index contributed by atoms with van der Waals surface area (Å²) in [4.78, 5) is 12.9. The van der Waals surface area contributed by atoms with Crippen LogP contribution in [0, 0.1) is 0 Å². The maximum Gasteiger partial charge on any atom is 0.250 e. The summed E-state index contributed by atoms with van der Waals surface area (Å²) in [6.07, 6.45) is 0.776. The predicted molar refractivity (Wildman–Crippen MR) is 95.1 cm³/mol. The van der Waals surface area contributed by atoms with Crippen molar-refractivity contribution in [2.24, 2.45) is 0 Å². The number of ether oxygens (including phenoxy) is 1. The molecular formula is C16H20N2O4S2. The van der Waals surface area contributed by atoms with Crippen LogP contribution >= 0.6 is 11.3 Å².